The molecule has 0 N–H and O–H groups in total. The lowest BCUT2D eigenvalue weighted by Gasteiger charge is -2.36. The number of hydrogen-bond donors (Lipinski definition) is 0. The number of para-hydroxylation sites is 1. The van der Waals surface area contributed by atoms with Crippen molar-refractivity contribution >= 4 is 28.8 Å². The molecule has 0 fully saturated rings. The molecule has 1 aliphatic heterocycles. The Bertz CT molecular complexity index is 2500. The summed E-state index contributed by atoms with van der Waals surface area (Å²) in [6.07, 6.45) is 0. The lowest BCUT2D eigenvalue weighted by molar-refractivity contribution is 0.767. The van der Waals surface area contributed by atoms with Gasteiger partial charge >= 0.3 is 0 Å². The molecule has 0 spiro atoms. The summed E-state index contributed by atoms with van der Waals surface area (Å²) in [5.74, 6) is 0. The summed E-state index contributed by atoms with van der Waals surface area (Å²) in [6, 6.07) is 73.3. The minimum atomic E-state index is -0.435. The van der Waals surface area contributed by atoms with E-state index < -0.39 is 5.41 Å². The lowest BCUT2D eigenvalue weighted by atomic mass is 9.68. The maximum atomic E-state index is 2.47. The average molecular weight is 668 g/mol. The van der Waals surface area contributed by atoms with E-state index >= 15 is 0 Å². The van der Waals surface area contributed by atoms with Crippen LogP contribution < -0.4 is 4.90 Å². The van der Waals surface area contributed by atoms with Crippen molar-refractivity contribution in [3.63, 3.8) is 0 Å². The van der Waals surface area contributed by atoms with E-state index in [2.05, 4.69) is 205 Å². The van der Waals surface area contributed by atoms with Gasteiger partial charge in [-0.2, -0.15) is 0 Å². The monoisotopic (exact) mass is 667 g/mol. The molecular formula is C49H33NS. The fourth-order valence-corrected chi connectivity index (χ4v) is 9.53. The second-order valence-electron chi connectivity index (χ2n) is 13.3. The van der Waals surface area contributed by atoms with Gasteiger partial charge in [-0.25, -0.2) is 0 Å². The van der Waals surface area contributed by atoms with Gasteiger partial charge in [-0.05, 0) is 86.5 Å². The number of hydrogen-bond acceptors (Lipinski definition) is 2. The fraction of sp³-hybridized carbons (Fsp3) is 0.0204. The van der Waals surface area contributed by atoms with E-state index in [0.29, 0.717) is 0 Å². The molecule has 0 bridgehead atoms. The number of benzene rings is 8. The largest absolute Gasteiger partial charge is 0.308 e. The standard InChI is InChI=1S/C49H33NS/c1-5-16-34(17-6-1)35-18-15-19-36(32-35)37-28-31-46-45(33-37)50(40-24-11-4-12-25-40)44-30-29-43-47(48(44)51-46)41-26-13-14-27-42(41)49(43,38-20-7-2-8-21-38)39-22-9-3-10-23-39/h1-33H. The third-order valence-corrected chi connectivity index (χ3v) is 11.7. The van der Waals surface area contributed by atoms with E-state index in [4.69, 9.17) is 0 Å². The first-order valence-electron chi connectivity index (χ1n) is 17.5. The molecule has 0 atom stereocenters. The van der Waals surface area contributed by atoms with E-state index in [1.54, 1.807) is 0 Å². The van der Waals surface area contributed by atoms with Crippen LogP contribution in [0.15, 0.2) is 210 Å². The first kappa shape index (κ1) is 29.8. The summed E-state index contributed by atoms with van der Waals surface area (Å²) in [7, 11) is 0. The molecule has 1 heterocycles. The first-order valence-corrected chi connectivity index (χ1v) is 18.3. The van der Waals surface area contributed by atoms with Crippen LogP contribution in [0.5, 0.6) is 0 Å². The molecule has 2 aliphatic rings. The summed E-state index contributed by atoms with van der Waals surface area (Å²) in [5, 5.41) is 0. The quantitative estimate of drug-likeness (QED) is 0.180. The van der Waals surface area contributed by atoms with Gasteiger partial charge in [0, 0.05) is 21.0 Å². The van der Waals surface area contributed by atoms with Crippen molar-refractivity contribution in [3.05, 3.63) is 222 Å². The Morgan fingerprint density at radius 3 is 1.67 bits per heavy atom. The molecule has 0 unspecified atom stereocenters. The number of anilines is 3. The Hall–Kier alpha value is -6.09. The van der Waals surface area contributed by atoms with Gasteiger partial charge in [0.25, 0.3) is 0 Å². The van der Waals surface area contributed by atoms with Gasteiger partial charge < -0.3 is 4.90 Å². The molecule has 240 valence electrons. The number of rotatable bonds is 5. The molecule has 0 amide bonds. The molecule has 2 heteroatoms. The van der Waals surface area contributed by atoms with Crippen LogP contribution in [-0.2, 0) is 5.41 Å². The van der Waals surface area contributed by atoms with Crippen LogP contribution in [0.1, 0.15) is 22.3 Å². The predicted molar refractivity (Wildman–Crippen MR) is 213 cm³/mol. The zero-order valence-corrected chi connectivity index (χ0v) is 28.7. The Kier molecular flexibility index (Phi) is 7.04. The average Bonchev–Trinajstić information content (AvgIpc) is 3.52. The SMILES string of the molecule is c1ccc(-c2cccc(-c3ccc4c(c3)N(c3ccccc3)c3ccc5c(c3S4)-c3ccccc3C5(c3ccccc3)c3ccccc3)c2)cc1. The fourth-order valence-electron chi connectivity index (χ4n) is 8.33. The van der Waals surface area contributed by atoms with E-state index in [9.17, 15) is 0 Å². The van der Waals surface area contributed by atoms with Crippen molar-refractivity contribution in [1.82, 2.24) is 0 Å². The van der Waals surface area contributed by atoms with Crippen molar-refractivity contribution < 1.29 is 0 Å². The van der Waals surface area contributed by atoms with Crippen molar-refractivity contribution in [3.8, 4) is 33.4 Å². The third-order valence-electron chi connectivity index (χ3n) is 10.5. The van der Waals surface area contributed by atoms with E-state index in [0.717, 1.165) is 5.69 Å². The topological polar surface area (TPSA) is 3.24 Å². The minimum absolute atomic E-state index is 0.435. The maximum Gasteiger partial charge on any atom is 0.0714 e. The van der Waals surface area contributed by atoms with Crippen LogP contribution in [0.3, 0.4) is 0 Å². The molecule has 0 saturated heterocycles. The van der Waals surface area contributed by atoms with Crippen LogP contribution in [0, 0.1) is 0 Å². The van der Waals surface area contributed by atoms with Crippen LogP contribution in [-0.4, -0.2) is 0 Å². The first-order chi connectivity index (χ1) is 25.3. The lowest BCUT2D eigenvalue weighted by Crippen LogP contribution is -2.28. The van der Waals surface area contributed by atoms with Gasteiger partial charge in [0.1, 0.15) is 0 Å². The van der Waals surface area contributed by atoms with Gasteiger partial charge in [0.15, 0.2) is 0 Å². The Balaban J connectivity index is 1.20. The molecule has 0 saturated carbocycles. The Morgan fingerprint density at radius 2 is 0.961 bits per heavy atom. The van der Waals surface area contributed by atoms with Gasteiger partial charge in [-0.15, -0.1) is 0 Å². The Labute approximate surface area is 303 Å². The molecule has 1 nitrogen and oxygen atoms in total. The van der Waals surface area contributed by atoms with E-state index in [1.807, 2.05) is 11.8 Å². The predicted octanol–water partition coefficient (Wildman–Crippen LogP) is 13.3. The molecule has 10 rings (SSSR count). The number of nitrogens with zero attached hydrogens (tertiary/aromatic N) is 1. The van der Waals surface area contributed by atoms with Crippen LogP contribution >= 0.6 is 11.8 Å². The molecule has 1 aliphatic carbocycles. The molecule has 8 aromatic carbocycles. The van der Waals surface area contributed by atoms with E-state index in [1.165, 1.54) is 76.8 Å². The zero-order valence-electron chi connectivity index (χ0n) is 27.9. The highest BCUT2D eigenvalue weighted by molar-refractivity contribution is 8.00. The highest BCUT2D eigenvalue weighted by Crippen LogP contribution is 2.63. The number of fused-ring (bicyclic) bond motifs is 6. The van der Waals surface area contributed by atoms with Crippen LogP contribution in [0.4, 0.5) is 17.1 Å². The maximum absolute atomic E-state index is 2.47. The molecular weight excluding hydrogens is 635 g/mol. The highest BCUT2D eigenvalue weighted by atomic mass is 32.2. The summed E-state index contributed by atoms with van der Waals surface area (Å²) in [6.45, 7) is 0. The van der Waals surface area contributed by atoms with Crippen LogP contribution in [0.25, 0.3) is 33.4 Å². The van der Waals surface area contributed by atoms with Gasteiger partial charge in [-0.1, -0.05) is 176 Å². The third kappa shape index (κ3) is 4.64. The normalized spacial score (nSPS) is 13.5. The van der Waals surface area contributed by atoms with Gasteiger partial charge in [0.05, 0.1) is 16.8 Å². The summed E-state index contributed by atoms with van der Waals surface area (Å²) < 4.78 is 0. The van der Waals surface area contributed by atoms with Gasteiger partial charge in [-0.3, -0.25) is 0 Å². The van der Waals surface area contributed by atoms with Crippen molar-refractivity contribution in [2.75, 3.05) is 4.90 Å². The zero-order chi connectivity index (χ0) is 33.8. The summed E-state index contributed by atoms with van der Waals surface area (Å²) >= 11 is 1.90. The summed E-state index contributed by atoms with van der Waals surface area (Å²) in [4.78, 5) is 5.01. The molecule has 8 aromatic rings. The molecule has 51 heavy (non-hydrogen) atoms. The van der Waals surface area contributed by atoms with Crippen molar-refractivity contribution in [2.24, 2.45) is 0 Å². The van der Waals surface area contributed by atoms with Crippen LogP contribution in [0.2, 0.25) is 0 Å². The van der Waals surface area contributed by atoms with Crippen molar-refractivity contribution in [1.29, 1.82) is 0 Å². The second-order valence-corrected chi connectivity index (χ2v) is 14.3. The second kappa shape index (κ2) is 12.1. The van der Waals surface area contributed by atoms with Crippen molar-refractivity contribution in [2.45, 2.75) is 15.2 Å². The molecule has 0 radical (unpaired) electrons. The highest BCUT2D eigenvalue weighted by Gasteiger charge is 2.48. The van der Waals surface area contributed by atoms with Gasteiger partial charge in [0.2, 0.25) is 0 Å². The Morgan fingerprint density at radius 1 is 0.392 bits per heavy atom. The minimum Gasteiger partial charge on any atom is -0.308 e. The molecule has 0 aromatic heterocycles. The van der Waals surface area contributed by atoms with E-state index in [-0.39, 0.29) is 0 Å². The smallest absolute Gasteiger partial charge is 0.0714 e. The summed E-state index contributed by atoms with van der Waals surface area (Å²) in [5.41, 5.74) is 15.8.